The first kappa shape index (κ1) is 18.4. The minimum atomic E-state index is -1.07. The SMILES string of the molecule is CC(C)(C)c1ccc(C2(C)NC(=O)N(CN(CC#N)C3CC3)C2=O)cc1. The smallest absolute Gasteiger partial charge is 0.319 e. The molecule has 138 valence electrons. The summed E-state index contributed by atoms with van der Waals surface area (Å²) in [6.07, 6.45) is 2.02. The van der Waals surface area contributed by atoms with E-state index < -0.39 is 11.6 Å². The summed E-state index contributed by atoms with van der Waals surface area (Å²) in [7, 11) is 0. The van der Waals surface area contributed by atoms with Gasteiger partial charge in [0.2, 0.25) is 0 Å². The van der Waals surface area contributed by atoms with Gasteiger partial charge in [0, 0.05) is 6.04 Å². The third kappa shape index (κ3) is 3.32. The van der Waals surface area contributed by atoms with Gasteiger partial charge in [-0.15, -0.1) is 0 Å². The lowest BCUT2D eigenvalue weighted by molar-refractivity contribution is -0.132. The molecule has 1 unspecified atom stereocenters. The number of hydrogen-bond acceptors (Lipinski definition) is 4. The first-order valence-corrected chi connectivity index (χ1v) is 9.03. The Balaban J connectivity index is 1.81. The van der Waals surface area contributed by atoms with E-state index in [4.69, 9.17) is 5.26 Å². The molecule has 1 aliphatic heterocycles. The number of hydrogen-bond donors (Lipinski definition) is 1. The molecule has 1 saturated heterocycles. The molecule has 1 aliphatic carbocycles. The summed E-state index contributed by atoms with van der Waals surface area (Å²) >= 11 is 0. The summed E-state index contributed by atoms with van der Waals surface area (Å²) in [6, 6.07) is 9.86. The predicted molar refractivity (Wildman–Crippen MR) is 98.1 cm³/mol. The molecular weight excluding hydrogens is 328 g/mol. The highest BCUT2D eigenvalue weighted by Crippen LogP contribution is 2.32. The Morgan fingerprint density at radius 3 is 2.38 bits per heavy atom. The molecule has 6 nitrogen and oxygen atoms in total. The van der Waals surface area contributed by atoms with Crippen LogP contribution in [-0.4, -0.2) is 41.0 Å². The summed E-state index contributed by atoms with van der Waals surface area (Å²) in [5.41, 5.74) is 0.892. The molecule has 3 amide bonds. The van der Waals surface area contributed by atoms with Crippen molar-refractivity contribution in [2.75, 3.05) is 13.2 Å². The fraction of sp³-hybridized carbons (Fsp3) is 0.550. The van der Waals surface area contributed by atoms with Gasteiger partial charge in [-0.3, -0.25) is 9.69 Å². The Bertz CT molecular complexity index is 756. The molecule has 1 aromatic rings. The average molecular weight is 354 g/mol. The molecule has 2 aliphatic rings. The van der Waals surface area contributed by atoms with Crippen LogP contribution in [0.3, 0.4) is 0 Å². The number of nitriles is 1. The third-order valence-corrected chi connectivity index (χ3v) is 5.26. The van der Waals surface area contributed by atoms with Gasteiger partial charge in [0.1, 0.15) is 5.54 Å². The van der Waals surface area contributed by atoms with Crippen LogP contribution < -0.4 is 5.32 Å². The maximum Gasteiger partial charge on any atom is 0.326 e. The van der Waals surface area contributed by atoms with E-state index in [9.17, 15) is 9.59 Å². The second-order valence-electron chi connectivity index (χ2n) is 8.39. The van der Waals surface area contributed by atoms with E-state index in [0.29, 0.717) is 6.04 Å². The van der Waals surface area contributed by atoms with Gasteiger partial charge in [-0.05, 0) is 36.3 Å². The van der Waals surface area contributed by atoms with Gasteiger partial charge >= 0.3 is 6.03 Å². The Hall–Kier alpha value is -2.39. The van der Waals surface area contributed by atoms with Crippen LogP contribution in [0.2, 0.25) is 0 Å². The van der Waals surface area contributed by atoms with Crippen LogP contribution in [-0.2, 0) is 15.7 Å². The zero-order valence-corrected chi connectivity index (χ0v) is 15.9. The van der Waals surface area contributed by atoms with E-state index in [1.807, 2.05) is 29.2 Å². The van der Waals surface area contributed by atoms with Crippen molar-refractivity contribution >= 4 is 11.9 Å². The first-order chi connectivity index (χ1) is 12.2. The van der Waals surface area contributed by atoms with E-state index >= 15 is 0 Å². The Morgan fingerprint density at radius 1 is 1.27 bits per heavy atom. The highest BCUT2D eigenvalue weighted by Gasteiger charge is 2.50. The van der Waals surface area contributed by atoms with Crippen molar-refractivity contribution in [2.45, 2.75) is 57.5 Å². The average Bonchev–Trinajstić information content (AvgIpc) is 3.39. The minimum absolute atomic E-state index is 0.0243. The highest BCUT2D eigenvalue weighted by atomic mass is 16.2. The van der Waals surface area contributed by atoms with Gasteiger partial charge in [0.25, 0.3) is 5.91 Å². The Labute approximate surface area is 154 Å². The number of imide groups is 1. The lowest BCUT2D eigenvalue weighted by Crippen LogP contribution is -2.44. The molecule has 1 N–H and O–H groups in total. The van der Waals surface area contributed by atoms with Crippen LogP contribution in [0.25, 0.3) is 0 Å². The van der Waals surface area contributed by atoms with Crippen molar-refractivity contribution in [1.82, 2.24) is 15.1 Å². The second-order valence-corrected chi connectivity index (χ2v) is 8.39. The Kier molecular flexibility index (Phi) is 4.53. The third-order valence-electron chi connectivity index (χ3n) is 5.26. The van der Waals surface area contributed by atoms with Gasteiger partial charge in [0.15, 0.2) is 0 Å². The van der Waals surface area contributed by atoms with Crippen LogP contribution in [0.1, 0.15) is 51.7 Å². The lowest BCUT2D eigenvalue weighted by Gasteiger charge is -2.26. The summed E-state index contributed by atoms with van der Waals surface area (Å²) in [4.78, 5) is 28.6. The number of carbonyl (C=O) groups is 2. The fourth-order valence-electron chi connectivity index (χ4n) is 3.33. The standard InChI is InChI=1S/C20H26N4O2/c1-19(2,3)14-5-7-15(8-6-14)20(4)17(25)24(18(26)22-20)13-23(12-11-21)16-9-10-16/h5-8,16H,9-10,12-13H2,1-4H3,(H,22,26). The molecule has 0 spiro atoms. The number of nitrogens with one attached hydrogen (secondary N) is 1. The van der Waals surface area contributed by atoms with Crippen molar-refractivity contribution in [2.24, 2.45) is 0 Å². The molecule has 2 fully saturated rings. The van der Waals surface area contributed by atoms with Crippen LogP contribution in [0, 0.1) is 11.3 Å². The summed E-state index contributed by atoms with van der Waals surface area (Å²) < 4.78 is 0. The van der Waals surface area contributed by atoms with Gasteiger partial charge in [-0.25, -0.2) is 9.69 Å². The van der Waals surface area contributed by atoms with Crippen LogP contribution in [0.15, 0.2) is 24.3 Å². The zero-order chi connectivity index (χ0) is 19.1. The van der Waals surface area contributed by atoms with Crippen molar-refractivity contribution in [3.05, 3.63) is 35.4 Å². The molecule has 0 radical (unpaired) electrons. The highest BCUT2D eigenvalue weighted by molar-refractivity contribution is 6.07. The monoisotopic (exact) mass is 354 g/mol. The summed E-state index contributed by atoms with van der Waals surface area (Å²) in [5, 5.41) is 11.8. The van der Waals surface area contributed by atoms with Gasteiger partial charge < -0.3 is 5.32 Å². The molecule has 6 heteroatoms. The van der Waals surface area contributed by atoms with E-state index in [0.717, 1.165) is 18.4 Å². The molecule has 3 rings (SSSR count). The molecule has 1 saturated carbocycles. The van der Waals surface area contributed by atoms with E-state index in [1.54, 1.807) is 6.92 Å². The predicted octanol–water partition coefficient (Wildman–Crippen LogP) is 2.70. The fourth-order valence-corrected chi connectivity index (χ4v) is 3.33. The molecule has 1 aromatic carbocycles. The molecular formula is C20H26N4O2. The van der Waals surface area contributed by atoms with Crippen molar-refractivity contribution in [3.63, 3.8) is 0 Å². The van der Waals surface area contributed by atoms with Crippen molar-refractivity contribution in [1.29, 1.82) is 5.26 Å². The Morgan fingerprint density at radius 2 is 1.88 bits per heavy atom. The topological polar surface area (TPSA) is 76.4 Å². The molecule has 26 heavy (non-hydrogen) atoms. The number of nitrogens with zero attached hydrogens (tertiary/aromatic N) is 3. The van der Waals surface area contributed by atoms with Crippen molar-refractivity contribution in [3.8, 4) is 6.07 Å². The number of carbonyl (C=O) groups excluding carboxylic acids is 2. The van der Waals surface area contributed by atoms with Crippen LogP contribution in [0.5, 0.6) is 0 Å². The van der Waals surface area contributed by atoms with E-state index in [2.05, 4.69) is 32.2 Å². The molecule has 1 atom stereocenters. The maximum atomic E-state index is 13.0. The summed E-state index contributed by atoms with van der Waals surface area (Å²) in [6.45, 7) is 8.53. The normalized spacial score (nSPS) is 23.3. The van der Waals surface area contributed by atoms with Gasteiger partial charge in [-0.2, -0.15) is 5.26 Å². The van der Waals surface area contributed by atoms with Crippen LogP contribution in [0.4, 0.5) is 4.79 Å². The van der Waals surface area contributed by atoms with Crippen LogP contribution >= 0.6 is 0 Å². The molecule has 0 bridgehead atoms. The molecule has 1 heterocycles. The second kappa shape index (κ2) is 6.40. The van der Waals surface area contributed by atoms with Crippen molar-refractivity contribution < 1.29 is 9.59 Å². The molecule has 0 aromatic heterocycles. The quantitative estimate of drug-likeness (QED) is 0.651. The van der Waals surface area contributed by atoms with E-state index in [-0.39, 0.29) is 24.5 Å². The first-order valence-electron chi connectivity index (χ1n) is 9.03. The summed E-state index contributed by atoms with van der Waals surface area (Å²) in [5.74, 6) is -0.269. The number of urea groups is 1. The number of benzene rings is 1. The van der Waals surface area contributed by atoms with Gasteiger partial charge in [0.05, 0.1) is 19.3 Å². The van der Waals surface area contributed by atoms with Gasteiger partial charge in [-0.1, -0.05) is 45.0 Å². The number of rotatable bonds is 5. The maximum absolute atomic E-state index is 13.0. The zero-order valence-electron chi connectivity index (χ0n) is 15.9. The number of amides is 3. The largest absolute Gasteiger partial charge is 0.326 e. The van der Waals surface area contributed by atoms with E-state index in [1.165, 1.54) is 10.5 Å². The minimum Gasteiger partial charge on any atom is -0.319 e. The lowest BCUT2D eigenvalue weighted by atomic mass is 9.84.